The number of benzene rings is 2. The number of anilines is 2. The van der Waals surface area contributed by atoms with Gasteiger partial charge in [-0.3, -0.25) is 0 Å². The van der Waals surface area contributed by atoms with Crippen LogP contribution in [0.5, 0.6) is 11.5 Å². The fourth-order valence-corrected chi connectivity index (χ4v) is 2.82. The van der Waals surface area contributed by atoms with Crippen LogP contribution in [0.15, 0.2) is 36.4 Å². The first kappa shape index (κ1) is 24.2. The highest BCUT2D eigenvalue weighted by atomic mass is 35.5. The van der Waals surface area contributed by atoms with Gasteiger partial charge in [0.25, 0.3) is 0 Å². The molecule has 0 amide bonds. The van der Waals surface area contributed by atoms with E-state index in [4.69, 9.17) is 35.4 Å². The molecule has 0 aromatic heterocycles. The van der Waals surface area contributed by atoms with Gasteiger partial charge in [0.1, 0.15) is 11.5 Å². The zero-order valence-electron chi connectivity index (χ0n) is 14.6. The van der Waals surface area contributed by atoms with E-state index in [0.717, 1.165) is 18.2 Å². The molecule has 0 fully saturated rings. The SMILES string of the molecule is FC(F)(F)COc1cc(NC(=S)Nc2cc(Cl)cc(Cl)c2)cc(OCC(F)(F)F)c1. The third-order valence-electron chi connectivity index (χ3n) is 3.06. The Balaban J connectivity index is 2.17. The quantitative estimate of drug-likeness (QED) is 0.347. The molecular weight excluding hydrogens is 481 g/mol. The van der Waals surface area contributed by atoms with Gasteiger partial charge in [-0.1, -0.05) is 23.2 Å². The van der Waals surface area contributed by atoms with E-state index in [-0.39, 0.29) is 22.3 Å². The lowest BCUT2D eigenvalue weighted by Crippen LogP contribution is -2.21. The summed E-state index contributed by atoms with van der Waals surface area (Å²) < 4.78 is 83.5. The van der Waals surface area contributed by atoms with E-state index in [0.29, 0.717) is 15.7 Å². The second kappa shape index (κ2) is 9.80. The normalized spacial score (nSPS) is 11.7. The molecule has 0 aliphatic heterocycles. The van der Waals surface area contributed by atoms with Crippen molar-refractivity contribution in [2.45, 2.75) is 12.4 Å². The fraction of sp³-hybridized carbons (Fsp3) is 0.235. The van der Waals surface area contributed by atoms with Crippen LogP contribution in [0.1, 0.15) is 0 Å². The van der Waals surface area contributed by atoms with Gasteiger partial charge in [0, 0.05) is 39.6 Å². The Hall–Kier alpha value is -2.11. The van der Waals surface area contributed by atoms with Crippen LogP contribution >= 0.6 is 35.4 Å². The highest BCUT2D eigenvalue weighted by Gasteiger charge is 2.30. The van der Waals surface area contributed by atoms with Crippen LogP contribution < -0.4 is 20.1 Å². The second-order valence-electron chi connectivity index (χ2n) is 5.74. The molecule has 0 aliphatic rings. The van der Waals surface area contributed by atoms with Crippen LogP contribution in [0.3, 0.4) is 0 Å². The smallest absolute Gasteiger partial charge is 0.422 e. The van der Waals surface area contributed by atoms with Crippen molar-refractivity contribution in [3.63, 3.8) is 0 Å². The molecule has 0 unspecified atom stereocenters. The fourth-order valence-electron chi connectivity index (χ4n) is 2.06. The molecular formula is C17H12Cl2F6N2O2S. The number of thiocarbonyl (C=S) groups is 1. The van der Waals surface area contributed by atoms with Gasteiger partial charge in [0.2, 0.25) is 0 Å². The molecule has 30 heavy (non-hydrogen) atoms. The highest BCUT2D eigenvalue weighted by molar-refractivity contribution is 7.80. The Morgan fingerprint density at radius 3 is 1.53 bits per heavy atom. The number of rotatable bonds is 6. The second-order valence-corrected chi connectivity index (χ2v) is 7.02. The standard InChI is InChI=1S/C17H12Cl2F6N2O2S/c18-9-1-10(19)3-11(2-9)26-15(30)27-12-4-13(28-7-16(20,21)22)6-14(5-12)29-8-17(23,24)25/h1-6H,7-8H2,(H2,26,27,30). The maximum atomic E-state index is 12.4. The van der Waals surface area contributed by atoms with E-state index in [1.807, 2.05) is 0 Å². The number of hydrogen-bond donors (Lipinski definition) is 2. The summed E-state index contributed by atoms with van der Waals surface area (Å²) in [4.78, 5) is 0. The number of ether oxygens (including phenoxy) is 2. The molecule has 2 N–H and O–H groups in total. The molecule has 13 heteroatoms. The third-order valence-corrected chi connectivity index (χ3v) is 3.70. The topological polar surface area (TPSA) is 42.5 Å². The van der Waals surface area contributed by atoms with Gasteiger partial charge in [-0.05, 0) is 30.4 Å². The van der Waals surface area contributed by atoms with Crippen LogP contribution in [0.25, 0.3) is 0 Å². The van der Waals surface area contributed by atoms with Crippen molar-refractivity contribution < 1.29 is 35.8 Å². The first-order chi connectivity index (χ1) is 13.8. The molecule has 2 rings (SSSR count). The molecule has 0 bridgehead atoms. The lowest BCUT2D eigenvalue weighted by atomic mass is 10.2. The van der Waals surface area contributed by atoms with Gasteiger partial charge in [0.05, 0.1) is 0 Å². The van der Waals surface area contributed by atoms with Crippen molar-refractivity contribution in [1.82, 2.24) is 0 Å². The molecule has 0 heterocycles. The molecule has 0 aliphatic carbocycles. The summed E-state index contributed by atoms with van der Waals surface area (Å²) in [5.74, 6) is -0.744. The molecule has 0 saturated carbocycles. The van der Waals surface area contributed by atoms with E-state index in [1.165, 1.54) is 18.2 Å². The molecule has 0 saturated heterocycles. The van der Waals surface area contributed by atoms with Crippen molar-refractivity contribution in [2.24, 2.45) is 0 Å². The maximum absolute atomic E-state index is 12.4. The first-order valence-corrected chi connectivity index (χ1v) is 9.04. The van der Waals surface area contributed by atoms with Crippen LogP contribution in [-0.4, -0.2) is 30.7 Å². The minimum absolute atomic E-state index is 0.0254. The Labute approximate surface area is 182 Å². The summed E-state index contributed by atoms with van der Waals surface area (Å²) in [6.07, 6.45) is -9.28. The summed E-state index contributed by atoms with van der Waals surface area (Å²) in [6, 6.07) is 7.62. The van der Waals surface area contributed by atoms with Gasteiger partial charge < -0.3 is 20.1 Å². The Kier molecular flexibility index (Phi) is 7.89. The zero-order valence-corrected chi connectivity index (χ0v) is 17.0. The highest BCUT2D eigenvalue weighted by Crippen LogP contribution is 2.30. The van der Waals surface area contributed by atoms with Crippen molar-refractivity contribution in [1.29, 1.82) is 0 Å². The molecule has 0 radical (unpaired) electrons. The minimum Gasteiger partial charge on any atom is -0.484 e. The van der Waals surface area contributed by atoms with Gasteiger partial charge in [-0.2, -0.15) is 26.3 Å². The van der Waals surface area contributed by atoms with Gasteiger partial charge in [-0.15, -0.1) is 0 Å². The Morgan fingerprint density at radius 1 is 0.733 bits per heavy atom. The zero-order chi connectivity index (χ0) is 22.5. The lowest BCUT2D eigenvalue weighted by molar-refractivity contribution is -0.153. The number of hydrogen-bond acceptors (Lipinski definition) is 3. The number of nitrogens with one attached hydrogen (secondary N) is 2. The molecule has 164 valence electrons. The van der Waals surface area contributed by atoms with E-state index in [2.05, 4.69) is 20.1 Å². The Bertz CT molecular complexity index is 852. The predicted octanol–water partition coefficient (Wildman–Crippen LogP) is 6.68. The van der Waals surface area contributed by atoms with Crippen molar-refractivity contribution in [2.75, 3.05) is 23.8 Å². The molecule has 0 atom stereocenters. The number of alkyl halides is 6. The molecule has 2 aromatic carbocycles. The van der Waals surface area contributed by atoms with Crippen molar-refractivity contribution >= 4 is 51.9 Å². The third kappa shape index (κ3) is 9.14. The monoisotopic (exact) mass is 492 g/mol. The maximum Gasteiger partial charge on any atom is 0.422 e. The van der Waals surface area contributed by atoms with Crippen LogP contribution in [0.4, 0.5) is 37.7 Å². The number of halogens is 8. The molecule has 2 aromatic rings. The Morgan fingerprint density at radius 2 is 1.13 bits per heavy atom. The predicted molar refractivity (Wildman–Crippen MR) is 106 cm³/mol. The van der Waals surface area contributed by atoms with E-state index in [1.54, 1.807) is 0 Å². The summed E-state index contributed by atoms with van der Waals surface area (Å²) >= 11 is 16.8. The van der Waals surface area contributed by atoms with Gasteiger partial charge in [0.15, 0.2) is 18.3 Å². The summed E-state index contributed by atoms with van der Waals surface area (Å²) in [5.41, 5.74) is 0.431. The van der Waals surface area contributed by atoms with Crippen LogP contribution in [0.2, 0.25) is 10.0 Å². The summed E-state index contributed by atoms with van der Waals surface area (Å²) in [6.45, 7) is -3.28. The largest absolute Gasteiger partial charge is 0.484 e. The lowest BCUT2D eigenvalue weighted by Gasteiger charge is -2.16. The molecule has 0 spiro atoms. The summed E-state index contributed by atoms with van der Waals surface area (Å²) in [5, 5.41) is 5.95. The van der Waals surface area contributed by atoms with Gasteiger partial charge in [-0.25, -0.2) is 0 Å². The average molecular weight is 493 g/mol. The van der Waals surface area contributed by atoms with Crippen LogP contribution in [0, 0.1) is 0 Å². The average Bonchev–Trinajstić information content (AvgIpc) is 2.56. The van der Waals surface area contributed by atoms with E-state index < -0.39 is 25.6 Å². The van der Waals surface area contributed by atoms with E-state index >= 15 is 0 Å². The van der Waals surface area contributed by atoms with Crippen molar-refractivity contribution in [3.05, 3.63) is 46.4 Å². The first-order valence-electron chi connectivity index (χ1n) is 7.87. The van der Waals surface area contributed by atoms with Crippen LogP contribution in [-0.2, 0) is 0 Å². The minimum atomic E-state index is -4.64. The molecule has 4 nitrogen and oxygen atoms in total. The van der Waals surface area contributed by atoms with E-state index in [9.17, 15) is 26.3 Å². The van der Waals surface area contributed by atoms with Crippen molar-refractivity contribution in [3.8, 4) is 11.5 Å². The van der Waals surface area contributed by atoms with Gasteiger partial charge >= 0.3 is 12.4 Å². The summed E-state index contributed by atoms with van der Waals surface area (Å²) in [7, 11) is 0.